The third-order valence-corrected chi connectivity index (χ3v) is 4.21. The molecule has 0 atom stereocenters. The Labute approximate surface area is 145 Å². The van der Waals surface area contributed by atoms with Crippen molar-refractivity contribution in [3.63, 3.8) is 0 Å². The van der Waals surface area contributed by atoms with Gasteiger partial charge in [-0.3, -0.25) is 0 Å². The minimum absolute atomic E-state index is 0.340. The molecule has 0 fully saturated rings. The standard InChI is InChI=1S/C19H18N6/c1-3-7-15(8-4-1)17(16-9-5-2-6-10-16)13-14-20-18-11-12-19-21-23-24-25(19)22-18/h1-12,17H,13-14H2,(H,20,22). The van der Waals surface area contributed by atoms with Crippen molar-refractivity contribution in [2.75, 3.05) is 11.9 Å². The van der Waals surface area contributed by atoms with Crippen molar-refractivity contribution in [1.29, 1.82) is 0 Å². The quantitative estimate of drug-likeness (QED) is 0.588. The molecule has 124 valence electrons. The maximum absolute atomic E-state index is 4.35. The molecule has 0 saturated heterocycles. The molecule has 0 radical (unpaired) electrons. The van der Waals surface area contributed by atoms with Gasteiger partial charge in [-0.05, 0) is 40.1 Å². The van der Waals surface area contributed by atoms with Crippen molar-refractivity contribution in [3.8, 4) is 0 Å². The van der Waals surface area contributed by atoms with Gasteiger partial charge in [-0.25, -0.2) is 0 Å². The van der Waals surface area contributed by atoms with Crippen molar-refractivity contribution < 1.29 is 0 Å². The predicted molar refractivity (Wildman–Crippen MR) is 96.4 cm³/mol. The van der Waals surface area contributed by atoms with Crippen LogP contribution in [0.3, 0.4) is 0 Å². The topological polar surface area (TPSA) is 68.0 Å². The van der Waals surface area contributed by atoms with Gasteiger partial charge in [0.2, 0.25) is 0 Å². The summed E-state index contributed by atoms with van der Waals surface area (Å²) in [5.74, 6) is 1.10. The molecule has 0 spiro atoms. The maximum atomic E-state index is 4.35. The molecule has 4 aromatic rings. The molecule has 25 heavy (non-hydrogen) atoms. The van der Waals surface area contributed by atoms with Gasteiger partial charge in [0.15, 0.2) is 5.65 Å². The van der Waals surface area contributed by atoms with Crippen LogP contribution in [0.2, 0.25) is 0 Å². The van der Waals surface area contributed by atoms with E-state index >= 15 is 0 Å². The van der Waals surface area contributed by atoms with Crippen LogP contribution in [0.4, 0.5) is 5.82 Å². The van der Waals surface area contributed by atoms with Gasteiger partial charge in [-0.2, -0.15) is 0 Å². The van der Waals surface area contributed by atoms with Crippen LogP contribution >= 0.6 is 0 Å². The molecule has 2 aromatic heterocycles. The summed E-state index contributed by atoms with van der Waals surface area (Å²) in [6.45, 7) is 0.801. The molecule has 0 unspecified atom stereocenters. The van der Waals surface area contributed by atoms with Crippen molar-refractivity contribution >= 4 is 11.5 Å². The minimum Gasteiger partial charge on any atom is -0.369 e. The van der Waals surface area contributed by atoms with Crippen LogP contribution < -0.4 is 5.32 Å². The van der Waals surface area contributed by atoms with Crippen molar-refractivity contribution in [2.24, 2.45) is 0 Å². The Morgan fingerprint density at radius 3 is 2.20 bits per heavy atom. The van der Waals surface area contributed by atoms with Crippen molar-refractivity contribution in [3.05, 3.63) is 83.9 Å². The first kappa shape index (κ1) is 15.3. The lowest BCUT2D eigenvalue weighted by atomic mass is 9.88. The van der Waals surface area contributed by atoms with Crippen LogP contribution in [0.25, 0.3) is 5.65 Å². The lowest BCUT2D eigenvalue weighted by molar-refractivity contribution is 0.719. The highest BCUT2D eigenvalue weighted by molar-refractivity contribution is 5.42. The van der Waals surface area contributed by atoms with Crippen LogP contribution in [0.1, 0.15) is 23.5 Å². The molecule has 0 aliphatic heterocycles. The molecular weight excluding hydrogens is 312 g/mol. The summed E-state index contributed by atoms with van der Waals surface area (Å²) in [7, 11) is 0. The van der Waals surface area contributed by atoms with E-state index in [1.54, 1.807) is 0 Å². The fraction of sp³-hybridized carbons (Fsp3) is 0.158. The molecule has 6 heteroatoms. The van der Waals surface area contributed by atoms with Crippen molar-refractivity contribution in [1.82, 2.24) is 25.3 Å². The van der Waals surface area contributed by atoms with Crippen LogP contribution in [0.5, 0.6) is 0 Å². The molecule has 1 N–H and O–H groups in total. The number of fused-ring (bicyclic) bond motifs is 1. The first-order chi connectivity index (χ1) is 12.4. The normalized spacial score (nSPS) is 11.1. The van der Waals surface area contributed by atoms with Gasteiger partial charge in [-0.15, -0.1) is 14.8 Å². The second-order valence-corrected chi connectivity index (χ2v) is 5.83. The Bertz CT molecular complexity index is 896. The molecule has 4 rings (SSSR count). The molecule has 0 saturated carbocycles. The minimum atomic E-state index is 0.340. The number of hydrogen-bond donors (Lipinski definition) is 1. The van der Waals surface area contributed by atoms with E-state index in [1.165, 1.54) is 15.8 Å². The summed E-state index contributed by atoms with van der Waals surface area (Å²) in [6, 6.07) is 24.9. The van der Waals surface area contributed by atoms with Gasteiger partial charge in [0.1, 0.15) is 5.82 Å². The molecule has 0 aliphatic rings. The van der Waals surface area contributed by atoms with E-state index < -0.39 is 0 Å². The summed E-state index contributed by atoms with van der Waals surface area (Å²) in [5.41, 5.74) is 3.27. The zero-order chi connectivity index (χ0) is 16.9. The van der Waals surface area contributed by atoms with Gasteiger partial charge in [0, 0.05) is 12.5 Å². The molecule has 0 amide bonds. The van der Waals surface area contributed by atoms with E-state index in [2.05, 4.69) is 86.6 Å². The van der Waals surface area contributed by atoms with E-state index in [1.807, 2.05) is 12.1 Å². The number of tetrazole rings is 1. The third kappa shape index (κ3) is 3.47. The van der Waals surface area contributed by atoms with E-state index in [-0.39, 0.29) is 0 Å². The van der Waals surface area contributed by atoms with Crippen LogP contribution in [0, 0.1) is 0 Å². The number of anilines is 1. The Kier molecular flexibility index (Phi) is 4.33. The molecule has 0 bridgehead atoms. The zero-order valence-corrected chi connectivity index (χ0v) is 13.7. The lowest BCUT2D eigenvalue weighted by Crippen LogP contribution is -2.11. The predicted octanol–water partition coefficient (Wildman–Crippen LogP) is 3.15. The molecule has 2 aromatic carbocycles. The number of rotatable bonds is 6. The number of hydrogen-bond acceptors (Lipinski definition) is 5. The van der Waals surface area contributed by atoms with Gasteiger partial charge < -0.3 is 5.32 Å². The number of benzene rings is 2. The second-order valence-electron chi connectivity index (χ2n) is 5.83. The van der Waals surface area contributed by atoms with E-state index in [9.17, 15) is 0 Å². The van der Waals surface area contributed by atoms with Gasteiger partial charge in [0.25, 0.3) is 0 Å². The fourth-order valence-electron chi connectivity index (χ4n) is 2.98. The SMILES string of the molecule is c1ccc(C(CCNc2ccc3nnnn3n2)c2ccccc2)cc1. The maximum Gasteiger partial charge on any atom is 0.200 e. The summed E-state index contributed by atoms with van der Waals surface area (Å²) >= 11 is 0. The third-order valence-electron chi connectivity index (χ3n) is 4.21. The van der Waals surface area contributed by atoms with Gasteiger partial charge in [-0.1, -0.05) is 60.7 Å². The van der Waals surface area contributed by atoms with E-state index in [4.69, 9.17) is 0 Å². The number of nitrogens with one attached hydrogen (secondary N) is 1. The second kappa shape index (κ2) is 7.09. The van der Waals surface area contributed by atoms with Gasteiger partial charge >= 0.3 is 0 Å². The Morgan fingerprint density at radius 1 is 0.840 bits per heavy atom. The highest BCUT2D eigenvalue weighted by Crippen LogP contribution is 2.27. The average molecular weight is 330 g/mol. The van der Waals surface area contributed by atoms with Gasteiger partial charge in [0.05, 0.1) is 0 Å². The summed E-state index contributed by atoms with van der Waals surface area (Å²) in [5, 5.41) is 19.0. The number of nitrogens with zero attached hydrogens (tertiary/aromatic N) is 5. The lowest BCUT2D eigenvalue weighted by Gasteiger charge is -2.18. The average Bonchev–Trinajstić information content (AvgIpc) is 3.14. The van der Waals surface area contributed by atoms with Crippen LogP contribution in [0.15, 0.2) is 72.8 Å². The molecule has 6 nitrogen and oxygen atoms in total. The Hall–Kier alpha value is -3.28. The first-order valence-corrected chi connectivity index (χ1v) is 8.29. The molecular formula is C19H18N6. The Balaban J connectivity index is 1.49. The molecule has 0 aliphatic carbocycles. The number of aromatic nitrogens is 5. The first-order valence-electron chi connectivity index (χ1n) is 8.29. The summed E-state index contributed by atoms with van der Waals surface area (Å²) in [4.78, 5) is 0. The Morgan fingerprint density at radius 2 is 1.52 bits per heavy atom. The van der Waals surface area contributed by atoms with E-state index in [0.29, 0.717) is 11.6 Å². The van der Waals surface area contributed by atoms with Crippen LogP contribution in [-0.2, 0) is 0 Å². The summed E-state index contributed by atoms with van der Waals surface area (Å²) in [6.07, 6.45) is 0.962. The summed E-state index contributed by atoms with van der Waals surface area (Å²) < 4.78 is 1.42. The monoisotopic (exact) mass is 330 g/mol. The largest absolute Gasteiger partial charge is 0.369 e. The van der Waals surface area contributed by atoms with Crippen molar-refractivity contribution in [2.45, 2.75) is 12.3 Å². The highest BCUT2D eigenvalue weighted by atomic mass is 15.6. The smallest absolute Gasteiger partial charge is 0.200 e. The fourth-order valence-corrected chi connectivity index (χ4v) is 2.98. The molecule has 2 heterocycles. The zero-order valence-electron chi connectivity index (χ0n) is 13.7. The van der Waals surface area contributed by atoms with E-state index in [0.717, 1.165) is 18.8 Å². The van der Waals surface area contributed by atoms with Crippen LogP contribution in [-0.4, -0.2) is 31.8 Å². The highest BCUT2D eigenvalue weighted by Gasteiger charge is 2.13.